The molecule has 4 aromatic heterocycles. The molecule has 0 amide bonds. The average molecular weight is 443 g/mol. The van der Waals surface area contributed by atoms with Crippen LogP contribution in [0.5, 0.6) is 0 Å². The molecular formula is C24H22N6OS. The van der Waals surface area contributed by atoms with E-state index in [-0.39, 0.29) is 11.7 Å². The highest BCUT2D eigenvalue weighted by Gasteiger charge is 2.19. The normalized spacial score (nSPS) is 12.2. The zero-order chi connectivity index (χ0) is 22.1. The highest BCUT2D eigenvalue weighted by Crippen LogP contribution is 2.32. The lowest BCUT2D eigenvalue weighted by Crippen LogP contribution is -2.09. The van der Waals surface area contributed by atoms with Crippen molar-refractivity contribution in [2.24, 2.45) is 0 Å². The number of ketones is 1. The number of nitrogens with zero attached hydrogens (tertiary/aromatic N) is 4. The molecule has 5 rings (SSSR count). The summed E-state index contributed by atoms with van der Waals surface area (Å²) in [6.45, 7) is 4.05. The van der Waals surface area contributed by atoms with Crippen molar-refractivity contribution >= 4 is 34.1 Å². The maximum Gasteiger partial charge on any atom is 0.165 e. The van der Waals surface area contributed by atoms with Gasteiger partial charge in [-0.3, -0.25) is 14.3 Å². The molecule has 1 aromatic carbocycles. The minimum atomic E-state index is -0.0616. The van der Waals surface area contributed by atoms with E-state index in [0.717, 1.165) is 27.6 Å². The molecule has 2 N–H and O–H groups in total. The van der Waals surface area contributed by atoms with E-state index in [4.69, 9.17) is 0 Å². The first-order chi connectivity index (χ1) is 15.6. The van der Waals surface area contributed by atoms with Gasteiger partial charge in [-0.2, -0.15) is 5.10 Å². The molecule has 0 aliphatic heterocycles. The first-order valence-electron chi connectivity index (χ1n) is 10.4. The molecule has 0 bridgehead atoms. The number of anilines is 2. The summed E-state index contributed by atoms with van der Waals surface area (Å²) < 4.78 is 2.00. The molecule has 0 saturated heterocycles. The van der Waals surface area contributed by atoms with Crippen molar-refractivity contribution in [1.29, 1.82) is 0 Å². The fraction of sp³-hybridized carbons (Fsp3) is 0.167. The van der Waals surface area contributed by atoms with E-state index in [1.807, 2.05) is 60.1 Å². The van der Waals surface area contributed by atoms with Gasteiger partial charge < -0.3 is 5.32 Å². The Bertz CT molecular complexity index is 1370. The molecule has 0 unspecified atom stereocenters. The Kier molecular flexibility index (Phi) is 5.28. The monoisotopic (exact) mass is 442 g/mol. The number of rotatable bonds is 7. The van der Waals surface area contributed by atoms with Crippen LogP contribution in [0.25, 0.3) is 16.2 Å². The lowest BCUT2D eigenvalue weighted by atomic mass is 10.00. The van der Waals surface area contributed by atoms with E-state index in [2.05, 4.69) is 44.5 Å². The fourth-order valence-corrected chi connectivity index (χ4v) is 4.58. The van der Waals surface area contributed by atoms with Crippen LogP contribution in [-0.4, -0.2) is 30.3 Å². The quantitative estimate of drug-likeness (QED) is 0.320. The van der Waals surface area contributed by atoms with Gasteiger partial charge in [0.2, 0.25) is 0 Å². The van der Waals surface area contributed by atoms with E-state index < -0.39 is 0 Å². The summed E-state index contributed by atoms with van der Waals surface area (Å²) in [4.78, 5) is 24.5. The number of aromatic nitrogens is 5. The smallest absolute Gasteiger partial charge is 0.165 e. The SMILES string of the molecule is Cc1ccc(-c2cnc3c(Nc4ccccc4)cc(C(=O)C[C@@H](C)c4ncn[nH]4)cn23)s1. The van der Waals surface area contributed by atoms with E-state index >= 15 is 0 Å². The summed E-state index contributed by atoms with van der Waals surface area (Å²) in [5, 5.41) is 10.2. The van der Waals surface area contributed by atoms with E-state index in [0.29, 0.717) is 17.8 Å². The van der Waals surface area contributed by atoms with Gasteiger partial charge in [-0.15, -0.1) is 11.3 Å². The Labute approximate surface area is 189 Å². The maximum atomic E-state index is 13.3. The zero-order valence-electron chi connectivity index (χ0n) is 17.7. The molecule has 7 nitrogen and oxygen atoms in total. The van der Waals surface area contributed by atoms with Crippen LogP contribution < -0.4 is 5.32 Å². The topological polar surface area (TPSA) is 88.0 Å². The van der Waals surface area contributed by atoms with Crippen LogP contribution >= 0.6 is 11.3 Å². The number of imidazole rings is 1. The summed E-state index contributed by atoms with van der Waals surface area (Å²) >= 11 is 1.71. The van der Waals surface area contributed by atoms with Crippen LogP contribution in [0, 0.1) is 6.92 Å². The third kappa shape index (κ3) is 3.92. The molecule has 0 spiro atoms. The van der Waals surface area contributed by atoms with Gasteiger partial charge in [0.25, 0.3) is 0 Å². The predicted octanol–water partition coefficient (Wildman–Crippen LogP) is 5.61. The molecule has 4 heterocycles. The first kappa shape index (κ1) is 20.1. The Morgan fingerprint density at radius 1 is 1.19 bits per heavy atom. The largest absolute Gasteiger partial charge is 0.352 e. The Balaban J connectivity index is 1.58. The van der Waals surface area contributed by atoms with Crippen molar-refractivity contribution < 1.29 is 4.79 Å². The number of carbonyl (C=O) groups excluding carboxylic acids is 1. The van der Waals surface area contributed by atoms with Crippen molar-refractivity contribution in [1.82, 2.24) is 24.6 Å². The third-order valence-electron chi connectivity index (χ3n) is 5.37. The molecule has 32 heavy (non-hydrogen) atoms. The van der Waals surface area contributed by atoms with Crippen molar-refractivity contribution in [2.45, 2.75) is 26.2 Å². The van der Waals surface area contributed by atoms with Gasteiger partial charge in [-0.1, -0.05) is 25.1 Å². The van der Waals surface area contributed by atoms with Crippen LogP contribution in [0.3, 0.4) is 0 Å². The number of Topliss-reactive ketones (excluding diaryl/α,β-unsaturated/α-hetero) is 1. The maximum absolute atomic E-state index is 13.3. The number of hydrogen-bond donors (Lipinski definition) is 2. The summed E-state index contributed by atoms with van der Waals surface area (Å²) in [5.74, 6) is 0.682. The highest BCUT2D eigenvalue weighted by atomic mass is 32.1. The van der Waals surface area contributed by atoms with Gasteiger partial charge in [0.05, 0.1) is 22.5 Å². The molecular weight excluding hydrogens is 420 g/mol. The van der Waals surface area contributed by atoms with Crippen molar-refractivity contribution in [3.05, 3.63) is 83.5 Å². The summed E-state index contributed by atoms with van der Waals surface area (Å²) in [6.07, 6.45) is 5.54. The number of carbonyl (C=O) groups is 1. The van der Waals surface area contributed by atoms with E-state index in [1.54, 1.807) is 11.3 Å². The number of pyridine rings is 1. The first-order valence-corrected chi connectivity index (χ1v) is 11.2. The van der Waals surface area contributed by atoms with Crippen LogP contribution in [0.4, 0.5) is 11.4 Å². The van der Waals surface area contributed by atoms with Crippen LogP contribution in [0.2, 0.25) is 0 Å². The molecule has 0 saturated carbocycles. The van der Waals surface area contributed by atoms with Gasteiger partial charge in [0.1, 0.15) is 12.2 Å². The third-order valence-corrected chi connectivity index (χ3v) is 6.39. The predicted molar refractivity (Wildman–Crippen MR) is 127 cm³/mol. The van der Waals surface area contributed by atoms with Crippen molar-refractivity contribution in [3.8, 4) is 10.6 Å². The minimum absolute atomic E-state index is 0.0360. The number of H-pyrrole nitrogens is 1. The van der Waals surface area contributed by atoms with Gasteiger partial charge in [-0.05, 0) is 37.3 Å². The Morgan fingerprint density at radius 3 is 2.75 bits per heavy atom. The number of fused-ring (bicyclic) bond motifs is 1. The number of benzene rings is 1. The number of aryl methyl sites for hydroxylation is 1. The molecule has 8 heteroatoms. The van der Waals surface area contributed by atoms with Crippen LogP contribution in [0.15, 0.2) is 67.3 Å². The second-order valence-corrected chi connectivity index (χ2v) is 9.07. The number of nitrogens with one attached hydrogen (secondary N) is 2. The zero-order valence-corrected chi connectivity index (χ0v) is 18.6. The van der Waals surface area contributed by atoms with Gasteiger partial charge in [-0.25, -0.2) is 9.97 Å². The standard InChI is InChI=1S/C24H22N6OS/c1-15(23-26-14-27-29-23)10-21(31)17-11-19(28-18-6-4-3-5-7-18)24-25-12-20(30(24)13-17)22-9-8-16(2)32-22/h3-9,11-15,28H,10H2,1-2H3,(H,26,27,29)/t15-/m1/s1. The number of para-hydroxylation sites is 1. The average Bonchev–Trinajstić information content (AvgIpc) is 3.55. The van der Waals surface area contributed by atoms with E-state index in [9.17, 15) is 4.79 Å². The molecule has 0 fully saturated rings. The molecule has 160 valence electrons. The lowest BCUT2D eigenvalue weighted by Gasteiger charge is -2.13. The van der Waals surface area contributed by atoms with E-state index in [1.165, 1.54) is 11.2 Å². The molecule has 1 atom stereocenters. The summed E-state index contributed by atoms with van der Waals surface area (Å²) in [6, 6.07) is 16.0. The lowest BCUT2D eigenvalue weighted by molar-refractivity contribution is 0.0974. The van der Waals surface area contributed by atoms with Gasteiger partial charge in [0, 0.05) is 34.7 Å². The molecule has 0 aliphatic carbocycles. The number of hydrogen-bond acceptors (Lipinski definition) is 6. The number of thiophene rings is 1. The second kappa shape index (κ2) is 8.39. The van der Waals surface area contributed by atoms with Crippen LogP contribution in [0.1, 0.15) is 40.3 Å². The Morgan fingerprint density at radius 2 is 2.03 bits per heavy atom. The summed E-state index contributed by atoms with van der Waals surface area (Å²) in [7, 11) is 0. The highest BCUT2D eigenvalue weighted by molar-refractivity contribution is 7.15. The van der Waals surface area contributed by atoms with Crippen LogP contribution in [-0.2, 0) is 0 Å². The fourth-order valence-electron chi connectivity index (χ4n) is 3.71. The van der Waals surface area contributed by atoms with Crippen molar-refractivity contribution in [3.63, 3.8) is 0 Å². The summed E-state index contributed by atoms with van der Waals surface area (Å²) in [5.41, 5.74) is 4.08. The van der Waals surface area contributed by atoms with Crippen molar-refractivity contribution in [2.75, 3.05) is 5.32 Å². The van der Waals surface area contributed by atoms with Gasteiger partial charge in [0.15, 0.2) is 11.4 Å². The van der Waals surface area contributed by atoms with Gasteiger partial charge >= 0.3 is 0 Å². The number of aromatic amines is 1. The minimum Gasteiger partial charge on any atom is -0.352 e. The Hall–Kier alpha value is -3.78. The second-order valence-electron chi connectivity index (χ2n) is 7.78. The molecule has 5 aromatic rings. The molecule has 0 aliphatic rings. The molecule has 0 radical (unpaired) electrons.